The second-order valence-electron chi connectivity index (χ2n) is 8.86. The normalized spacial score (nSPS) is 25.0. The van der Waals surface area contributed by atoms with Crippen LogP contribution in [0.4, 0.5) is 4.39 Å². The van der Waals surface area contributed by atoms with E-state index >= 15 is 4.39 Å². The Hall–Kier alpha value is -2.75. The average molecular weight is 488 g/mol. The van der Waals surface area contributed by atoms with E-state index in [9.17, 15) is 13.6 Å². The minimum absolute atomic E-state index is 0.0129. The van der Waals surface area contributed by atoms with Crippen molar-refractivity contribution < 1.29 is 22.8 Å². The fourth-order valence-corrected chi connectivity index (χ4v) is 7.22. The van der Waals surface area contributed by atoms with E-state index in [1.54, 1.807) is 18.2 Å². The number of ether oxygens (including phenoxy) is 1. The summed E-state index contributed by atoms with van der Waals surface area (Å²) in [6.07, 6.45) is 3.61. The number of oxime groups is 1. The molecular weight excluding hydrogens is 457 g/mol. The quantitative estimate of drug-likeness (QED) is 0.212. The van der Waals surface area contributed by atoms with Gasteiger partial charge in [-0.05, 0) is 42.9 Å². The third kappa shape index (κ3) is 4.35. The molecular formula is C25H30FN3O4S. The summed E-state index contributed by atoms with van der Waals surface area (Å²) in [6.45, 7) is 4.53. The Morgan fingerprint density at radius 1 is 1.24 bits per heavy atom. The van der Waals surface area contributed by atoms with Gasteiger partial charge in [-0.25, -0.2) is 12.8 Å². The van der Waals surface area contributed by atoms with E-state index in [2.05, 4.69) is 11.7 Å². The molecule has 2 aromatic carbocycles. The number of sulfonamides is 1. The fourth-order valence-electron chi connectivity index (χ4n) is 5.07. The molecule has 34 heavy (non-hydrogen) atoms. The van der Waals surface area contributed by atoms with E-state index < -0.39 is 32.5 Å². The first-order chi connectivity index (χ1) is 16.3. The van der Waals surface area contributed by atoms with E-state index in [-0.39, 0.29) is 17.9 Å². The molecule has 2 atom stereocenters. The molecule has 0 spiro atoms. The Kier molecular flexibility index (Phi) is 7.06. The maximum Gasteiger partial charge on any atom is 0.222 e. The Labute approximate surface area is 199 Å². The molecule has 2 aliphatic rings. The van der Waals surface area contributed by atoms with Gasteiger partial charge in [0.1, 0.15) is 16.9 Å². The van der Waals surface area contributed by atoms with Crippen LogP contribution in [-0.2, 0) is 26.7 Å². The molecule has 2 fully saturated rings. The van der Waals surface area contributed by atoms with Crippen molar-refractivity contribution in [2.75, 3.05) is 13.2 Å². The maximum atomic E-state index is 15.4. The molecule has 2 aromatic rings. The molecule has 2 aliphatic heterocycles. The molecule has 2 saturated heterocycles. The van der Waals surface area contributed by atoms with E-state index in [1.807, 2.05) is 30.3 Å². The van der Waals surface area contributed by atoms with Crippen LogP contribution in [-0.4, -0.2) is 43.0 Å². The highest BCUT2D eigenvalue weighted by Crippen LogP contribution is 2.40. The topological polar surface area (TPSA) is 105 Å². The van der Waals surface area contributed by atoms with Gasteiger partial charge in [-0.15, -0.1) is 6.58 Å². The highest BCUT2D eigenvalue weighted by Gasteiger charge is 2.42. The summed E-state index contributed by atoms with van der Waals surface area (Å²) < 4.78 is 49.3. The third-order valence-corrected chi connectivity index (χ3v) is 9.38. The molecule has 0 aromatic heterocycles. The first-order valence-electron chi connectivity index (χ1n) is 11.4. The first-order valence-corrected chi connectivity index (χ1v) is 12.9. The highest BCUT2D eigenvalue weighted by atomic mass is 32.2. The van der Waals surface area contributed by atoms with Crippen molar-refractivity contribution in [1.82, 2.24) is 4.31 Å². The number of benzene rings is 2. The second kappa shape index (κ2) is 9.85. The van der Waals surface area contributed by atoms with Gasteiger partial charge in [0.05, 0.1) is 5.41 Å². The van der Waals surface area contributed by atoms with Crippen molar-refractivity contribution in [2.45, 2.75) is 48.9 Å². The van der Waals surface area contributed by atoms with Crippen molar-refractivity contribution in [1.29, 1.82) is 0 Å². The van der Waals surface area contributed by atoms with Crippen LogP contribution in [0.3, 0.4) is 0 Å². The standard InChI is InChI=1S/C25H30FN3O4S/c1-2-21-10-11-23(18-6-4-3-5-7-18)34(31,32)29(21)17-19-8-9-20(16-22(19)26)25(24(27)28-30)12-14-33-15-13-25/h2-9,16,21,23,30H,1,10-15,17H2,(H2,27,28)/t21-,23+/m0/s1. The van der Waals surface area contributed by atoms with E-state index in [1.165, 1.54) is 10.4 Å². The van der Waals surface area contributed by atoms with Gasteiger partial charge in [-0.1, -0.05) is 53.7 Å². The third-order valence-electron chi connectivity index (χ3n) is 7.10. The lowest BCUT2D eigenvalue weighted by atomic mass is 9.73. The summed E-state index contributed by atoms with van der Waals surface area (Å²) in [5, 5.41) is 11.9. The molecule has 3 N–H and O–H groups in total. The van der Waals surface area contributed by atoms with Crippen molar-refractivity contribution >= 4 is 15.9 Å². The van der Waals surface area contributed by atoms with Gasteiger partial charge >= 0.3 is 0 Å². The molecule has 0 amide bonds. The zero-order valence-electron chi connectivity index (χ0n) is 18.9. The lowest BCUT2D eigenvalue weighted by molar-refractivity contribution is 0.0694. The predicted octanol–water partition coefficient (Wildman–Crippen LogP) is 3.84. The number of rotatable bonds is 6. The van der Waals surface area contributed by atoms with Crippen LogP contribution >= 0.6 is 0 Å². The minimum Gasteiger partial charge on any atom is -0.409 e. The summed E-state index contributed by atoms with van der Waals surface area (Å²) in [7, 11) is -3.75. The number of hydrogen-bond acceptors (Lipinski definition) is 5. The Morgan fingerprint density at radius 2 is 1.94 bits per heavy atom. The lowest BCUT2D eigenvalue weighted by Crippen LogP contribution is -2.46. The van der Waals surface area contributed by atoms with E-state index in [0.29, 0.717) is 44.5 Å². The lowest BCUT2D eigenvalue weighted by Gasteiger charge is -2.38. The predicted molar refractivity (Wildman–Crippen MR) is 128 cm³/mol. The molecule has 0 aliphatic carbocycles. The maximum absolute atomic E-state index is 15.4. The van der Waals surface area contributed by atoms with Crippen LogP contribution in [0.2, 0.25) is 0 Å². The second-order valence-corrected chi connectivity index (χ2v) is 10.9. The van der Waals surface area contributed by atoms with Gasteiger partial charge in [0.15, 0.2) is 0 Å². The summed E-state index contributed by atoms with van der Waals surface area (Å²) >= 11 is 0. The Morgan fingerprint density at radius 3 is 2.56 bits per heavy atom. The smallest absolute Gasteiger partial charge is 0.222 e. The monoisotopic (exact) mass is 487 g/mol. The molecule has 0 bridgehead atoms. The zero-order valence-corrected chi connectivity index (χ0v) is 19.8. The molecule has 2 heterocycles. The number of amidine groups is 1. The number of nitrogens with zero attached hydrogens (tertiary/aromatic N) is 2. The van der Waals surface area contributed by atoms with Gasteiger partial charge in [-0.2, -0.15) is 4.31 Å². The summed E-state index contributed by atoms with van der Waals surface area (Å²) in [6, 6.07) is 13.4. The van der Waals surface area contributed by atoms with Gasteiger partial charge in [0.2, 0.25) is 10.0 Å². The van der Waals surface area contributed by atoms with E-state index in [4.69, 9.17) is 10.5 Å². The summed E-state index contributed by atoms with van der Waals surface area (Å²) in [5.74, 6) is -0.520. The van der Waals surface area contributed by atoms with Crippen LogP contribution in [0.5, 0.6) is 0 Å². The summed E-state index contributed by atoms with van der Waals surface area (Å²) in [4.78, 5) is 0. The van der Waals surface area contributed by atoms with Crippen LogP contribution in [0, 0.1) is 5.82 Å². The molecule has 0 radical (unpaired) electrons. The largest absolute Gasteiger partial charge is 0.409 e. The first kappa shape index (κ1) is 24.4. The van der Waals surface area contributed by atoms with Crippen molar-refractivity contribution in [3.63, 3.8) is 0 Å². The van der Waals surface area contributed by atoms with Crippen LogP contribution < -0.4 is 5.73 Å². The van der Waals surface area contributed by atoms with Crippen LogP contribution in [0.1, 0.15) is 47.6 Å². The number of nitrogens with two attached hydrogens (primary N) is 1. The van der Waals surface area contributed by atoms with Crippen molar-refractivity contribution in [2.24, 2.45) is 10.9 Å². The van der Waals surface area contributed by atoms with E-state index in [0.717, 1.165) is 5.56 Å². The van der Waals surface area contributed by atoms with Crippen molar-refractivity contribution in [3.05, 3.63) is 83.7 Å². The average Bonchev–Trinajstić information content (AvgIpc) is 2.86. The van der Waals surface area contributed by atoms with Crippen LogP contribution in [0.15, 0.2) is 66.3 Å². The van der Waals surface area contributed by atoms with Crippen molar-refractivity contribution in [3.8, 4) is 0 Å². The van der Waals surface area contributed by atoms with Gasteiger partial charge < -0.3 is 15.7 Å². The minimum atomic E-state index is -3.75. The molecule has 4 rings (SSSR count). The molecule has 0 unspecified atom stereocenters. The van der Waals surface area contributed by atoms with Gasteiger partial charge in [0, 0.05) is 31.4 Å². The summed E-state index contributed by atoms with van der Waals surface area (Å²) in [5.41, 5.74) is 6.76. The number of hydrogen-bond donors (Lipinski definition) is 2. The molecule has 9 heteroatoms. The SMILES string of the molecule is C=C[C@H]1CC[C@H](c2ccccc2)S(=O)(=O)N1Cc1ccc(C2(/C(N)=N\O)CCOCC2)cc1F. The Bertz CT molecular complexity index is 1160. The van der Waals surface area contributed by atoms with Gasteiger partial charge in [-0.3, -0.25) is 0 Å². The molecule has 7 nitrogen and oxygen atoms in total. The molecule has 182 valence electrons. The molecule has 0 saturated carbocycles. The van der Waals surface area contributed by atoms with Crippen LogP contribution in [0.25, 0.3) is 0 Å². The Balaban J connectivity index is 1.66. The number of halogens is 1. The zero-order chi connectivity index (χ0) is 24.3. The van der Waals surface area contributed by atoms with Gasteiger partial charge in [0.25, 0.3) is 0 Å². The fraction of sp³-hybridized carbons (Fsp3) is 0.400. The highest BCUT2D eigenvalue weighted by molar-refractivity contribution is 7.89.